The van der Waals surface area contributed by atoms with Gasteiger partial charge in [-0.05, 0) is 36.6 Å². The summed E-state index contributed by atoms with van der Waals surface area (Å²) in [4.78, 5) is 0. The highest BCUT2D eigenvalue weighted by Crippen LogP contribution is 2.29. The average molecular weight is 321 g/mol. The Bertz CT molecular complexity index is 884. The maximum absolute atomic E-state index is 9.50. The van der Waals surface area contributed by atoms with Crippen LogP contribution in [0.5, 0.6) is 11.6 Å². The highest BCUT2D eigenvalue weighted by atomic mass is 16.5. The summed E-state index contributed by atoms with van der Waals surface area (Å²) >= 11 is 0. The molecule has 3 aromatic rings. The van der Waals surface area contributed by atoms with Crippen LogP contribution in [0.15, 0.2) is 35.1 Å². The van der Waals surface area contributed by atoms with Gasteiger partial charge in [-0.1, -0.05) is 19.9 Å². The minimum atomic E-state index is 0.203. The van der Waals surface area contributed by atoms with Crippen LogP contribution in [0.1, 0.15) is 30.7 Å². The molecule has 24 heavy (non-hydrogen) atoms. The normalized spacial score (nSPS) is 10.4. The molecule has 2 heterocycles. The third-order valence-electron chi connectivity index (χ3n) is 3.58. The van der Waals surface area contributed by atoms with E-state index in [0.29, 0.717) is 23.6 Å². The van der Waals surface area contributed by atoms with Gasteiger partial charge in [-0.15, -0.1) is 15.3 Å². The van der Waals surface area contributed by atoms with Crippen LogP contribution >= 0.6 is 0 Å². The molecule has 0 amide bonds. The number of ether oxygens (including phenoxy) is 1. The summed E-state index contributed by atoms with van der Waals surface area (Å²) < 4.78 is 11.0. The van der Waals surface area contributed by atoms with Crippen molar-refractivity contribution in [2.45, 2.75) is 26.7 Å². The number of benzene rings is 1. The van der Waals surface area contributed by atoms with E-state index in [9.17, 15) is 5.26 Å². The molecule has 0 aliphatic heterocycles. The Morgan fingerprint density at radius 3 is 2.71 bits per heavy atom. The van der Waals surface area contributed by atoms with Gasteiger partial charge in [0.1, 0.15) is 17.4 Å². The monoisotopic (exact) mass is 321 g/mol. The van der Waals surface area contributed by atoms with Crippen LogP contribution in [-0.4, -0.2) is 20.4 Å². The van der Waals surface area contributed by atoms with Gasteiger partial charge in [0.25, 0.3) is 5.88 Å². The molecule has 0 fully saturated rings. The van der Waals surface area contributed by atoms with Gasteiger partial charge in [-0.25, -0.2) is 0 Å². The Morgan fingerprint density at radius 1 is 1.17 bits per heavy atom. The van der Waals surface area contributed by atoms with Crippen LogP contribution < -0.4 is 4.74 Å². The molecule has 3 rings (SSSR count). The minimum Gasteiger partial charge on any atom is -0.437 e. The fourth-order valence-corrected chi connectivity index (χ4v) is 2.44. The molecule has 2 aromatic heterocycles. The Kier molecular flexibility index (Phi) is 4.47. The van der Waals surface area contributed by atoms with Crippen molar-refractivity contribution < 1.29 is 9.15 Å². The largest absolute Gasteiger partial charge is 0.437 e. The number of nitriles is 1. The zero-order chi connectivity index (χ0) is 16.9. The number of rotatable bonds is 5. The number of aryl methyl sites for hydroxylation is 1. The summed E-state index contributed by atoms with van der Waals surface area (Å²) in [5, 5.41) is 25.3. The van der Waals surface area contributed by atoms with Crippen LogP contribution in [0.2, 0.25) is 0 Å². The summed E-state index contributed by atoms with van der Waals surface area (Å²) in [6, 6.07) is 9.32. The van der Waals surface area contributed by atoms with E-state index in [0.717, 1.165) is 23.2 Å². The molecule has 0 saturated heterocycles. The minimum absolute atomic E-state index is 0.203. The van der Waals surface area contributed by atoms with E-state index in [2.05, 4.69) is 26.5 Å². The zero-order valence-electron chi connectivity index (χ0n) is 13.4. The molecule has 0 aliphatic rings. The maximum Gasteiger partial charge on any atom is 0.257 e. The molecule has 0 saturated carbocycles. The molecule has 120 valence electrons. The lowest BCUT2D eigenvalue weighted by Crippen LogP contribution is -2.05. The second-order valence-electron chi connectivity index (χ2n) is 5.00. The van der Waals surface area contributed by atoms with Gasteiger partial charge < -0.3 is 9.15 Å². The lowest BCUT2D eigenvalue weighted by molar-refractivity contribution is 0.450. The first-order chi connectivity index (χ1) is 11.8. The molecular weight excluding hydrogens is 306 g/mol. The van der Waals surface area contributed by atoms with Gasteiger partial charge in [-0.2, -0.15) is 10.4 Å². The summed E-state index contributed by atoms with van der Waals surface area (Å²) in [7, 11) is 0. The van der Waals surface area contributed by atoms with Crippen LogP contribution in [0.4, 0.5) is 0 Å². The highest BCUT2D eigenvalue weighted by Gasteiger charge is 2.16. The Morgan fingerprint density at radius 2 is 2.04 bits per heavy atom. The average Bonchev–Trinajstić information content (AvgIpc) is 3.16. The van der Waals surface area contributed by atoms with Gasteiger partial charge in [-0.3, -0.25) is 0 Å². The van der Waals surface area contributed by atoms with Crippen molar-refractivity contribution in [3.63, 3.8) is 0 Å². The molecule has 0 radical (unpaired) electrons. The fourth-order valence-electron chi connectivity index (χ4n) is 2.44. The molecular formula is C17H15N5O2. The molecule has 7 heteroatoms. The SMILES string of the molecule is CCc1nnc(Oc2cccc(-c3nnco3)c2)c(C#N)c1CC. The molecule has 0 aliphatic carbocycles. The standard InChI is InChI=1S/C17H15N5O2/c1-3-13-14(9-18)17(22-20-15(13)4-2)24-12-7-5-6-11(8-12)16-21-19-10-23-16/h5-8,10H,3-4H2,1-2H3. The van der Waals surface area contributed by atoms with Crippen LogP contribution in [0.25, 0.3) is 11.5 Å². The summed E-state index contributed by atoms with van der Waals surface area (Å²) in [5.41, 5.74) is 2.84. The van der Waals surface area contributed by atoms with Crippen LogP contribution in [0.3, 0.4) is 0 Å². The molecule has 0 N–H and O–H groups in total. The predicted molar refractivity (Wildman–Crippen MR) is 85.3 cm³/mol. The molecule has 0 atom stereocenters. The van der Waals surface area contributed by atoms with Gasteiger partial charge in [0, 0.05) is 5.56 Å². The van der Waals surface area contributed by atoms with Crippen molar-refractivity contribution in [1.29, 1.82) is 5.26 Å². The number of aromatic nitrogens is 4. The lowest BCUT2D eigenvalue weighted by Gasteiger charge is -2.11. The van der Waals surface area contributed by atoms with Gasteiger partial charge in [0.05, 0.1) is 5.69 Å². The zero-order valence-corrected chi connectivity index (χ0v) is 13.4. The van der Waals surface area contributed by atoms with E-state index in [1.807, 2.05) is 19.9 Å². The molecule has 0 bridgehead atoms. The number of nitrogens with zero attached hydrogens (tertiary/aromatic N) is 5. The van der Waals surface area contributed by atoms with Crippen molar-refractivity contribution in [2.24, 2.45) is 0 Å². The third kappa shape index (κ3) is 2.94. The summed E-state index contributed by atoms with van der Waals surface area (Å²) in [6.07, 6.45) is 2.68. The van der Waals surface area contributed by atoms with Crippen molar-refractivity contribution in [2.75, 3.05) is 0 Å². The van der Waals surface area contributed by atoms with Crippen LogP contribution in [-0.2, 0) is 12.8 Å². The van der Waals surface area contributed by atoms with E-state index in [1.165, 1.54) is 6.39 Å². The van der Waals surface area contributed by atoms with Gasteiger partial charge in [0.2, 0.25) is 12.3 Å². The third-order valence-corrected chi connectivity index (χ3v) is 3.58. The summed E-state index contributed by atoms with van der Waals surface area (Å²) in [5.74, 6) is 1.11. The van der Waals surface area contributed by atoms with Crippen molar-refractivity contribution >= 4 is 0 Å². The van der Waals surface area contributed by atoms with E-state index in [-0.39, 0.29) is 5.88 Å². The first-order valence-electron chi connectivity index (χ1n) is 7.59. The second kappa shape index (κ2) is 6.87. The Labute approximate surface area is 138 Å². The first-order valence-corrected chi connectivity index (χ1v) is 7.59. The van der Waals surface area contributed by atoms with Crippen molar-refractivity contribution in [3.05, 3.63) is 47.5 Å². The maximum atomic E-state index is 9.50. The van der Waals surface area contributed by atoms with Crippen LogP contribution in [0, 0.1) is 11.3 Å². The first kappa shape index (κ1) is 15.6. The molecule has 0 unspecified atom stereocenters. The lowest BCUT2D eigenvalue weighted by atomic mass is 10.0. The molecule has 7 nitrogen and oxygen atoms in total. The quantitative estimate of drug-likeness (QED) is 0.711. The number of hydrogen-bond acceptors (Lipinski definition) is 7. The smallest absolute Gasteiger partial charge is 0.257 e. The van der Waals surface area contributed by atoms with Gasteiger partial charge >= 0.3 is 0 Å². The van der Waals surface area contributed by atoms with Crippen molar-refractivity contribution in [3.8, 4) is 29.2 Å². The topological polar surface area (TPSA) is 97.7 Å². The second-order valence-corrected chi connectivity index (χ2v) is 5.00. The van der Waals surface area contributed by atoms with E-state index < -0.39 is 0 Å². The van der Waals surface area contributed by atoms with E-state index >= 15 is 0 Å². The van der Waals surface area contributed by atoms with E-state index in [4.69, 9.17) is 9.15 Å². The van der Waals surface area contributed by atoms with E-state index in [1.54, 1.807) is 18.2 Å². The number of hydrogen-bond donors (Lipinski definition) is 0. The highest BCUT2D eigenvalue weighted by molar-refractivity contribution is 5.56. The molecule has 1 aromatic carbocycles. The fraction of sp³-hybridized carbons (Fsp3) is 0.235. The Balaban J connectivity index is 1.97. The van der Waals surface area contributed by atoms with Crippen molar-refractivity contribution in [1.82, 2.24) is 20.4 Å². The predicted octanol–water partition coefficient (Wildman–Crippen LogP) is 3.32. The Hall–Kier alpha value is -3.27. The van der Waals surface area contributed by atoms with Gasteiger partial charge in [0.15, 0.2) is 0 Å². The summed E-state index contributed by atoms with van der Waals surface area (Å²) in [6.45, 7) is 3.97. The molecule has 0 spiro atoms.